The van der Waals surface area contributed by atoms with E-state index in [1.807, 2.05) is 44.1 Å². The summed E-state index contributed by atoms with van der Waals surface area (Å²) >= 11 is 0. The van der Waals surface area contributed by atoms with Crippen LogP contribution in [-0.4, -0.2) is 30.9 Å². The van der Waals surface area contributed by atoms with Gasteiger partial charge in [-0.15, -0.1) is 0 Å². The average molecular weight is 357 g/mol. The normalized spacial score (nSPS) is 12.1. The quantitative estimate of drug-likeness (QED) is 0.790. The molecule has 0 saturated heterocycles. The summed E-state index contributed by atoms with van der Waals surface area (Å²) < 4.78 is 13.6. The van der Waals surface area contributed by atoms with Crippen LogP contribution in [0.1, 0.15) is 36.7 Å². The summed E-state index contributed by atoms with van der Waals surface area (Å²) in [6, 6.07) is 11.5. The standard InChI is InChI=1S/C21H28FN3O/c1-14(2)15(3)25(21(26)16-7-6-8-18(22)11-16)13-17-12-19(23)9-10-20(17)24(4)5/h6-12,14-15H,13,23H2,1-5H3. The minimum atomic E-state index is -0.411. The van der Waals surface area contributed by atoms with Crippen LogP contribution in [0, 0.1) is 11.7 Å². The molecule has 0 aliphatic rings. The van der Waals surface area contributed by atoms with Crippen molar-refractivity contribution < 1.29 is 9.18 Å². The zero-order valence-corrected chi connectivity index (χ0v) is 16.2. The summed E-state index contributed by atoms with van der Waals surface area (Å²) in [7, 11) is 3.92. The van der Waals surface area contributed by atoms with Crippen LogP contribution in [0.25, 0.3) is 0 Å². The van der Waals surface area contributed by atoms with E-state index in [2.05, 4.69) is 13.8 Å². The number of carbonyl (C=O) groups excluding carboxylic acids is 1. The van der Waals surface area contributed by atoms with Gasteiger partial charge in [-0.05, 0) is 54.8 Å². The van der Waals surface area contributed by atoms with Gasteiger partial charge >= 0.3 is 0 Å². The Balaban J connectivity index is 2.44. The van der Waals surface area contributed by atoms with E-state index in [0.717, 1.165) is 11.3 Å². The van der Waals surface area contributed by atoms with Crippen molar-refractivity contribution in [3.8, 4) is 0 Å². The van der Waals surface area contributed by atoms with Gasteiger partial charge in [0.05, 0.1) is 0 Å². The molecule has 0 aliphatic heterocycles. The van der Waals surface area contributed by atoms with Crippen molar-refractivity contribution in [2.75, 3.05) is 24.7 Å². The predicted octanol–water partition coefficient (Wildman–Crippen LogP) is 4.16. The van der Waals surface area contributed by atoms with Gasteiger partial charge in [-0.3, -0.25) is 4.79 Å². The molecule has 2 aromatic rings. The second kappa shape index (κ2) is 8.21. The number of carbonyl (C=O) groups is 1. The van der Waals surface area contributed by atoms with Crippen LogP contribution in [0.2, 0.25) is 0 Å². The van der Waals surface area contributed by atoms with Gasteiger partial charge < -0.3 is 15.5 Å². The molecule has 0 bridgehead atoms. The van der Waals surface area contributed by atoms with E-state index in [1.165, 1.54) is 12.1 Å². The van der Waals surface area contributed by atoms with Gasteiger partial charge in [0.1, 0.15) is 5.82 Å². The van der Waals surface area contributed by atoms with Crippen LogP contribution in [-0.2, 0) is 6.54 Å². The van der Waals surface area contributed by atoms with Crippen molar-refractivity contribution in [3.63, 3.8) is 0 Å². The van der Waals surface area contributed by atoms with Gasteiger partial charge in [0.15, 0.2) is 0 Å². The maximum Gasteiger partial charge on any atom is 0.254 e. The molecule has 1 amide bonds. The zero-order valence-electron chi connectivity index (χ0n) is 16.2. The monoisotopic (exact) mass is 357 g/mol. The molecule has 26 heavy (non-hydrogen) atoms. The molecule has 2 aromatic carbocycles. The third-order valence-corrected chi connectivity index (χ3v) is 4.71. The van der Waals surface area contributed by atoms with Gasteiger partial charge in [0, 0.05) is 43.6 Å². The van der Waals surface area contributed by atoms with Crippen molar-refractivity contribution in [3.05, 3.63) is 59.4 Å². The van der Waals surface area contributed by atoms with E-state index in [4.69, 9.17) is 5.73 Å². The molecule has 0 saturated carbocycles. The Bertz CT molecular complexity index is 774. The maximum absolute atomic E-state index is 13.6. The molecule has 140 valence electrons. The maximum atomic E-state index is 13.6. The number of anilines is 2. The molecule has 4 nitrogen and oxygen atoms in total. The van der Waals surface area contributed by atoms with E-state index < -0.39 is 5.82 Å². The fourth-order valence-corrected chi connectivity index (χ4v) is 2.90. The Morgan fingerprint density at radius 2 is 1.81 bits per heavy atom. The summed E-state index contributed by atoms with van der Waals surface area (Å²) in [5.74, 6) is -0.333. The summed E-state index contributed by atoms with van der Waals surface area (Å²) in [6.07, 6.45) is 0. The first-order valence-electron chi connectivity index (χ1n) is 8.83. The number of benzene rings is 2. The van der Waals surface area contributed by atoms with Crippen molar-refractivity contribution >= 4 is 17.3 Å². The number of nitrogen functional groups attached to an aromatic ring is 1. The fourth-order valence-electron chi connectivity index (χ4n) is 2.90. The molecule has 0 spiro atoms. The number of nitrogens with zero attached hydrogens (tertiary/aromatic N) is 2. The van der Waals surface area contributed by atoms with Crippen LogP contribution >= 0.6 is 0 Å². The van der Waals surface area contributed by atoms with Gasteiger partial charge in [0.25, 0.3) is 5.91 Å². The summed E-state index contributed by atoms with van der Waals surface area (Å²) in [5.41, 5.74) is 8.95. The molecule has 0 radical (unpaired) electrons. The summed E-state index contributed by atoms with van der Waals surface area (Å²) in [5, 5.41) is 0. The van der Waals surface area contributed by atoms with Crippen LogP contribution < -0.4 is 10.6 Å². The number of rotatable bonds is 6. The molecule has 2 N–H and O–H groups in total. The van der Waals surface area contributed by atoms with Crippen molar-refractivity contribution in [2.24, 2.45) is 5.92 Å². The zero-order chi connectivity index (χ0) is 19.4. The van der Waals surface area contributed by atoms with E-state index in [1.54, 1.807) is 17.0 Å². The molecular formula is C21H28FN3O. The Labute approximate surface area is 155 Å². The Hall–Kier alpha value is -2.56. The molecule has 0 aliphatic carbocycles. The van der Waals surface area contributed by atoms with Crippen LogP contribution in [0.5, 0.6) is 0 Å². The van der Waals surface area contributed by atoms with E-state index in [-0.39, 0.29) is 17.9 Å². The van der Waals surface area contributed by atoms with Crippen LogP contribution in [0.4, 0.5) is 15.8 Å². The second-order valence-electron chi connectivity index (χ2n) is 7.21. The Morgan fingerprint density at radius 1 is 1.12 bits per heavy atom. The molecule has 0 heterocycles. The molecule has 0 aromatic heterocycles. The highest BCUT2D eigenvalue weighted by molar-refractivity contribution is 5.94. The Morgan fingerprint density at radius 3 is 2.38 bits per heavy atom. The van der Waals surface area contributed by atoms with E-state index in [9.17, 15) is 9.18 Å². The lowest BCUT2D eigenvalue weighted by Gasteiger charge is -2.33. The highest BCUT2D eigenvalue weighted by atomic mass is 19.1. The third kappa shape index (κ3) is 4.54. The number of halogens is 1. The minimum absolute atomic E-state index is 0.0118. The molecule has 5 heteroatoms. The van der Waals surface area contributed by atoms with Gasteiger partial charge in [0.2, 0.25) is 0 Å². The minimum Gasteiger partial charge on any atom is -0.399 e. The fraction of sp³-hybridized carbons (Fsp3) is 0.381. The number of hydrogen-bond acceptors (Lipinski definition) is 3. The molecule has 0 fully saturated rings. The molecular weight excluding hydrogens is 329 g/mol. The van der Waals surface area contributed by atoms with Crippen molar-refractivity contribution in [2.45, 2.75) is 33.4 Å². The second-order valence-corrected chi connectivity index (χ2v) is 7.21. The van der Waals surface area contributed by atoms with Crippen molar-refractivity contribution in [1.29, 1.82) is 0 Å². The first kappa shape index (κ1) is 19.8. The van der Waals surface area contributed by atoms with Gasteiger partial charge in [-0.2, -0.15) is 0 Å². The van der Waals surface area contributed by atoms with Crippen LogP contribution in [0.3, 0.4) is 0 Å². The highest BCUT2D eigenvalue weighted by Crippen LogP contribution is 2.26. The molecule has 1 unspecified atom stereocenters. The third-order valence-electron chi connectivity index (χ3n) is 4.71. The lowest BCUT2D eigenvalue weighted by atomic mass is 10.0. The Kier molecular flexibility index (Phi) is 6.24. The molecule has 2 rings (SSSR count). The first-order valence-corrected chi connectivity index (χ1v) is 8.83. The lowest BCUT2D eigenvalue weighted by Crippen LogP contribution is -2.41. The topological polar surface area (TPSA) is 49.6 Å². The number of amides is 1. The number of hydrogen-bond donors (Lipinski definition) is 1. The summed E-state index contributed by atoms with van der Waals surface area (Å²) in [4.78, 5) is 16.9. The van der Waals surface area contributed by atoms with Gasteiger partial charge in [-0.25, -0.2) is 4.39 Å². The summed E-state index contributed by atoms with van der Waals surface area (Å²) in [6.45, 7) is 6.57. The highest BCUT2D eigenvalue weighted by Gasteiger charge is 2.25. The smallest absolute Gasteiger partial charge is 0.254 e. The van der Waals surface area contributed by atoms with Gasteiger partial charge in [-0.1, -0.05) is 19.9 Å². The van der Waals surface area contributed by atoms with E-state index >= 15 is 0 Å². The average Bonchev–Trinajstić information content (AvgIpc) is 2.58. The predicted molar refractivity (Wildman–Crippen MR) is 106 cm³/mol. The van der Waals surface area contributed by atoms with Crippen molar-refractivity contribution in [1.82, 2.24) is 4.90 Å². The SMILES string of the molecule is CC(C)C(C)N(Cc1cc(N)ccc1N(C)C)C(=O)c1cccc(F)c1. The lowest BCUT2D eigenvalue weighted by molar-refractivity contribution is 0.0628. The largest absolute Gasteiger partial charge is 0.399 e. The first-order chi connectivity index (χ1) is 12.2. The van der Waals surface area contributed by atoms with E-state index in [0.29, 0.717) is 17.8 Å². The number of nitrogens with two attached hydrogens (primary N) is 1. The molecule has 1 atom stereocenters. The van der Waals surface area contributed by atoms with Crippen LogP contribution in [0.15, 0.2) is 42.5 Å².